The SMILES string of the molecule is O=C(O)/C=C/c1ccc(C(Cl)(Cl)Cl)cc1. The van der Waals surface area contributed by atoms with E-state index in [9.17, 15) is 4.79 Å². The lowest BCUT2D eigenvalue weighted by Gasteiger charge is -2.10. The first kappa shape index (κ1) is 12.4. The Bertz CT molecular complexity index is 377. The van der Waals surface area contributed by atoms with Crippen molar-refractivity contribution in [3.8, 4) is 0 Å². The predicted molar refractivity (Wildman–Crippen MR) is 62.3 cm³/mol. The second-order valence-electron chi connectivity index (χ2n) is 2.79. The van der Waals surface area contributed by atoms with Gasteiger partial charge in [0.2, 0.25) is 3.79 Å². The third kappa shape index (κ3) is 4.12. The minimum atomic E-state index is -1.45. The van der Waals surface area contributed by atoms with Gasteiger partial charge in [0.1, 0.15) is 0 Å². The maximum atomic E-state index is 10.2. The van der Waals surface area contributed by atoms with Crippen LogP contribution < -0.4 is 0 Å². The summed E-state index contributed by atoms with van der Waals surface area (Å²) in [6, 6.07) is 6.62. The van der Waals surface area contributed by atoms with E-state index in [1.54, 1.807) is 24.3 Å². The van der Waals surface area contributed by atoms with Crippen molar-refractivity contribution in [2.75, 3.05) is 0 Å². The molecule has 0 fully saturated rings. The third-order valence-electron chi connectivity index (χ3n) is 1.66. The summed E-state index contributed by atoms with van der Waals surface area (Å²) in [5.41, 5.74) is 1.27. The van der Waals surface area contributed by atoms with Crippen molar-refractivity contribution in [2.45, 2.75) is 3.79 Å². The molecule has 0 spiro atoms. The molecule has 1 rings (SSSR count). The second-order valence-corrected chi connectivity index (χ2v) is 5.07. The van der Waals surface area contributed by atoms with Crippen molar-refractivity contribution in [1.82, 2.24) is 0 Å². The van der Waals surface area contributed by atoms with Crippen LogP contribution in [0.15, 0.2) is 30.3 Å². The Hall–Kier alpha value is -0.700. The van der Waals surface area contributed by atoms with Crippen molar-refractivity contribution in [2.24, 2.45) is 0 Å². The molecule has 0 radical (unpaired) electrons. The van der Waals surface area contributed by atoms with Crippen LogP contribution in [0.5, 0.6) is 0 Å². The molecule has 0 saturated carbocycles. The van der Waals surface area contributed by atoms with Gasteiger partial charge in [-0.15, -0.1) is 0 Å². The maximum Gasteiger partial charge on any atom is 0.328 e. The van der Waals surface area contributed by atoms with E-state index in [-0.39, 0.29) is 0 Å². The van der Waals surface area contributed by atoms with Crippen molar-refractivity contribution in [3.05, 3.63) is 41.5 Å². The van der Waals surface area contributed by atoms with Crippen LogP contribution in [0.2, 0.25) is 0 Å². The van der Waals surface area contributed by atoms with Gasteiger partial charge in [-0.3, -0.25) is 0 Å². The van der Waals surface area contributed by atoms with Crippen LogP contribution >= 0.6 is 34.8 Å². The molecule has 2 nitrogen and oxygen atoms in total. The van der Waals surface area contributed by atoms with Crippen LogP contribution in [-0.4, -0.2) is 11.1 Å². The van der Waals surface area contributed by atoms with Gasteiger partial charge in [0.15, 0.2) is 0 Å². The smallest absolute Gasteiger partial charge is 0.328 e. The van der Waals surface area contributed by atoms with E-state index in [0.29, 0.717) is 5.56 Å². The molecule has 15 heavy (non-hydrogen) atoms. The number of carboxylic acids is 1. The zero-order chi connectivity index (χ0) is 11.5. The molecule has 0 atom stereocenters. The number of benzene rings is 1. The molecular weight excluding hydrogens is 258 g/mol. The van der Waals surface area contributed by atoms with E-state index >= 15 is 0 Å². The Morgan fingerprint density at radius 2 is 1.73 bits per heavy atom. The van der Waals surface area contributed by atoms with E-state index in [1.165, 1.54) is 6.08 Å². The lowest BCUT2D eigenvalue weighted by molar-refractivity contribution is -0.131. The van der Waals surface area contributed by atoms with Gasteiger partial charge in [0, 0.05) is 11.6 Å². The second kappa shape index (κ2) is 4.88. The monoisotopic (exact) mass is 264 g/mol. The number of hydrogen-bond acceptors (Lipinski definition) is 1. The number of carbonyl (C=O) groups is 1. The molecule has 0 bridgehead atoms. The van der Waals surface area contributed by atoms with Gasteiger partial charge in [-0.05, 0) is 11.6 Å². The van der Waals surface area contributed by atoms with Crippen molar-refractivity contribution < 1.29 is 9.90 Å². The molecule has 1 N–H and O–H groups in total. The van der Waals surface area contributed by atoms with Gasteiger partial charge in [-0.1, -0.05) is 59.1 Å². The van der Waals surface area contributed by atoms with Crippen LogP contribution in [0.25, 0.3) is 6.08 Å². The van der Waals surface area contributed by atoms with Crippen LogP contribution in [-0.2, 0) is 8.59 Å². The van der Waals surface area contributed by atoms with Crippen LogP contribution in [0, 0.1) is 0 Å². The highest BCUT2D eigenvalue weighted by molar-refractivity contribution is 6.66. The number of hydrogen-bond donors (Lipinski definition) is 1. The van der Waals surface area contributed by atoms with Crippen molar-refractivity contribution in [3.63, 3.8) is 0 Å². The number of rotatable bonds is 2. The summed E-state index contributed by atoms with van der Waals surface area (Å²) in [7, 11) is 0. The summed E-state index contributed by atoms with van der Waals surface area (Å²) in [6.45, 7) is 0. The Balaban J connectivity index is 2.86. The van der Waals surface area contributed by atoms with Crippen LogP contribution in [0.4, 0.5) is 0 Å². The molecule has 0 heterocycles. The molecular formula is C10H7Cl3O2. The highest BCUT2D eigenvalue weighted by Crippen LogP contribution is 2.37. The first-order chi connectivity index (χ1) is 6.89. The van der Waals surface area contributed by atoms with Crippen LogP contribution in [0.1, 0.15) is 11.1 Å². The number of halogens is 3. The summed E-state index contributed by atoms with van der Waals surface area (Å²) >= 11 is 17.0. The molecule has 80 valence electrons. The van der Waals surface area contributed by atoms with Crippen LogP contribution in [0.3, 0.4) is 0 Å². The average Bonchev–Trinajstić information content (AvgIpc) is 2.14. The molecule has 1 aromatic carbocycles. The number of aliphatic carboxylic acids is 1. The van der Waals surface area contributed by atoms with E-state index in [4.69, 9.17) is 39.9 Å². The predicted octanol–water partition coefficient (Wildman–Crippen LogP) is 3.61. The third-order valence-corrected chi connectivity index (χ3v) is 2.31. The maximum absolute atomic E-state index is 10.2. The summed E-state index contributed by atoms with van der Waals surface area (Å²) in [6.07, 6.45) is 2.51. The van der Waals surface area contributed by atoms with Gasteiger partial charge in [-0.25, -0.2) is 4.79 Å². The molecule has 0 unspecified atom stereocenters. The molecule has 0 aliphatic heterocycles. The summed E-state index contributed by atoms with van der Waals surface area (Å²) < 4.78 is -1.45. The molecule has 0 aliphatic carbocycles. The molecule has 0 aromatic heterocycles. The normalized spacial score (nSPS) is 11.9. The van der Waals surface area contributed by atoms with Gasteiger partial charge < -0.3 is 5.11 Å². The Morgan fingerprint density at radius 3 is 2.13 bits per heavy atom. The molecule has 5 heteroatoms. The van der Waals surface area contributed by atoms with E-state index in [2.05, 4.69) is 0 Å². The fourth-order valence-corrected chi connectivity index (χ4v) is 1.33. The van der Waals surface area contributed by atoms with Gasteiger partial charge in [-0.2, -0.15) is 0 Å². The largest absolute Gasteiger partial charge is 0.478 e. The van der Waals surface area contributed by atoms with E-state index in [1.807, 2.05) is 0 Å². The Kier molecular flexibility index (Phi) is 4.03. The molecule has 0 aliphatic rings. The zero-order valence-corrected chi connectivity index (χ0v) is 9.72. The number of alkyl halides is 3. The Labute approximate surface area is 102 Å². The standard InChI is InChI=1S/C10H7Cl3O2/c11-10(12,13)8-4-1-7(2-5-8)3-6-9(14)15/h1-6H,(H,14,15)/b6-3+. The van der Waals surface area contributed by atoms with E-state index in [0.717, 1.165) is 11.6 Å². The summed E-state index contributed by atoms with van der Waals surface area (Å²) in [4.78, 5) is 10.2. The molecule has 0 saturated heterocycles. The minimum Gasteiger partial charge on any atom is -0.478 e. The van der Waals surface area contributed by atoms with Gasteiger partial charge in [0.05, 0.1) is 0 Å². The fourth-order valence-electron chi connectivity index (χ4n) is 0.951. The molecule has 0 amide bonds. The first-order valence-electron chi connectivity index (χ1n) is 3.98. The van der Waals surface area contributed by atoms with Crippen molar-refractivity contribution in [1.29, 1.82) is 0 Å². The average molecular weight is 266 g/mol. The van der Waals surface area contributed by atoms with Gasteiger partial charge >= 0.3 is 5.97 Å². The highest BCUT2D eigenvalue weighted by Gasteiger charge is 2.21. The fraction of sp³-hybridized carbons (Fsp3) is 0.100. The van der Waals surface area contributed by atoms with Gasteiger partial charge in [0.25, 0.3) is 0 Å². The first-order valence-corrected chi connectivity index (χ1v) is 5.11. The topological polar surface area (TPSA) is 37.3 Å². The lowest BCUT2D eigenvalue weighted by Crippen LogP contribution is -1.99. The summed E-state index contributed by atoms with van der Waals surface area (Å²) in [5.74, 6) is -1.000. The lowest BCUT2D eigenvalue weighted by atomic mass is 10.1. The quantitative estimate of drug-likeness (QED) is 0.655. The zero-order valence-electron chi connectivity index (χ0n) is 7.45. The summed E-state index contributed by atoms with van der Waals surface area (Å²) in [5, 5.41) is 8.41. The highest BCUT2D eigenvalue weighted by atomic mass is 35.6. The number of carboxylic acid groups (broad SMARTS) is 1. The molecule has 1 aromatic rings. The van der Waals surface area contributed by atoms with E-state index < -0.39 is 9.76 Å². The minimum absolute atomic E-state index is 0.542. The Morgan fingerprint density at radius 1 is 1.20 bits per heavy atom. The van der Waals surface area contributed by atoms with Crippen molar-refractivity contribution >= 4 is 46.8 Å².